The lowest BCUT2D eigenvalue weighted by Gasteiger charge is -2.37. The maximum absolute atomic E-state index is 13.1. The lowest BCUT2D eigenvalue weighted by Crippen LogP contribution is -2.46. The Balaban J connectivity index is 0.00000306. The Kier molecular flexibility index (Phi) is 7.65. The summed E-state index contributed by atoms with van der Waals surface area (Å²) in [7, 11) is 0.444. The van der Waals surface area contributed by atoms with Crippen molar-refractivity contribution in [2.24, 2.45) is 5.92 Å². The number of aromatic nitrogens is 3. The Labute approximate surface area is 192 Å². The number of rotatable bonds is 9. The van der Waals surface area contributed by atoms with Crippen LogP contribution in [0, 0.1) is 5.92 Å². The molecular weight excluding hydrogens is 430 g/mol. The number of ether oxygens (including phenoxy) is 2. The van der Waals surface area contributed by atoms with Crippen LogP contribution in [0.15, 0.2) is 18.6 Å². The van der Waals surface area contributed by atoms with E-state index in [0.29, 0.717) is 32.3 Å². The van der Waals surface area contributed by atoms with Gasteiger partial charge < -0.3 is 19.4 Å². The lowest BCUT2D eigenvalue weighted by atomic mass is 9.86. The van der Waals surface area contributed by atoms with E-state index in [9.17, 15) is 8.42 Å². The molecular formula is C22H37N5O4S. The summed E-state index contributed by atoms with van der Waals surface area (Å²) >= 11 is 0. The zero-order valence-electron chi connectivity index (χ0n) is 19.1. The summed E-state index contributed by atoms with van der Waals surface area (Å²) in [5, 5.41) is 1.02. The number of fused-ring (bicyclic) bond motifs is 1. The Hall–Kier alpha value is -1.75. The molecule has 2 fully saturated rings. The number of methoxy groups -OCH3 is 1. The second kappa shape index (κ2) is 10.5. The first-order valence-electron chi connectivity index (χ1n) is 11.6. The van der Waals surface area contributed by atoms with E-state index in [4.69, 9.17) is 9.47 Å². The van der Waals surface area contributed by atoms with Gasteiger partial charge >= 0.3 is 0 Å². The highest BCUT2D eigenvalue weighted by Crippen LogP contribution is 2.32. The van der Waals surface area contributed by atoms with Gasteiger partial charge in [0.15, 0.2) is 0 Å². The van der Waals surface area contributed by atoms with Gasteiger partial charge in [0.05, 0.1) is 30.5 Å². The summed E-state index contributed by atoms with van der Waals surface area (Å²) in [6.07, 6.45) is 8.96. The zero-order chi connectivity index (χ0) is 22.6. The molecule has 1 aliphatic heterocycles. The molecule has 9 nitrogen and oxygen atoms in total. The summed E-state index contributed by atoms with van der Waals surface area (Å²) < 4.78 is 38.7. The predicted octanol–water partition coefficient (Wildman–Crippen LogP) is 2.66. The monoisotopic (exact) mass is 467 g/mol. The fourth-order valence-corrected chi connectivity index (χ4v) is 6.95. The molecule has 0 amide bonds. The molecule has 1 saturated heterocycles. The van der Waals surface area contributed by atoms with Gasteiger partial charge in [0.1, 0.15) is 17.8 Å². The molecule has 10 heteroatoms. The molecule has 1 atom stereocenters. The highest BCUT2D eigenvalue weighted by Gasteiger charge is 2.33. The van der Waals surface area contributed by atoms with Gasteiger partial charge in [0, 0.05) is 40.9 Å². The van der Waals surface area contributed by atoms with Crippen LogP contribution in [0.4, 0.5) is 5.82 Å². The van der Waals surface area contributed by atoms with E-state index >= 15 is 0 Å². The van der Waals surface area contributed by atoms with Crippen molar-refractivity contribution in [2.45, 2.75) is 50.7 Å². The first-order chi connectivity index (χ1) is 15.5. The Morgan fingerprint density at radius 2 is 2.03 bits per heavy atom. The molecule has 3 heterocycles. The van der Waals surface area contributed by atoms with Crippen molar-refractivity contribution in [3.05, 3.63) is 18.6 Å². The van der Waals surface area contributed by atoms with Crippen molar-refractivity contribution in [2.75, 3.05) is 51.1 Å². The standard InChI is InChI=1S/C22H35N5O4S.H2/c1-26(22-20-9-10-23-21(20)24-16-25-22)18-7-5-17(6-8-18)15-32(28,29)27-11-3-4-19(14-27)31-13-12-30-2;/h9-10,16-19H,3-8,11-15H2,1-2H3,(H,23,24,25);1H. The first-order valence-corrected chi connectivity index (χ1v) is 13.2. The van der Waals surface area contributed by atoms with Crippen LogP contribution in [0.5, 0.6) is 0 Å². The maximum Gasteiger partial charge on any atom is 0.214 e. The molecule has 1 unspecified atom stereocenters. The minimum Gasteiger partial charge on any atom is -0.382 e. The molecule has 32 heavy (non-hydrogen) atoms. The predicted molar refractivity (Wildman–Crippen MR) is 126 cm³/mol. The Morgan fingerprint density at radius 1 is 1.22 bits per heavy atom. The number of anilines is 1. The summed E-state index contributed by atoms with van der Waals surface area (Å²) in [4.78, 5) is 14.1. The molecule has 0 radical (unpaired) electrons. The van der Waals surface area contributed by atoms with E-state index in [1.54, 1.807) is 17.7 Å². The van der Waals surface area contributed by atoms with Crippen LogP contribution in [-0.4, -0.2) is 86.0 Å². The molecule has 1 aliphatic carbocycles. The molecule has 2 aromatic rings. The van der Waals surface area contributed by atoms with Gasteiger partial charge in [0.2, 0.25) is 10.0 Å². The number of hydrogen-bond acceptors (Lipinski definition) is 7. The van der Waals surface area contributed by atoms with Crippen LogP contribution in [-0.2, 0) is 19.5 Å². The SMILES string of the molecule is COCCOC1CCCN(S(=O)(=O)CC2CCC(N(C)c3ncnc4[nH]ccc34)CC2)C1.[HH]. The molecule has 180 valence electrons. The molecule has 0 spiro atoms. The largest absolute Gasteiger partial charge is 0.382 e. The second-order valence-corrected chi connectivity index (χ2v) is 11.0. The molecule has 0 bridgehead atoms. The van der Waals surface area contributed by atoms with Crippen molar-refractivity contribution in [1.29, 1.82) is 0 Å². The third-order valence-corrected chi connectivity index (χ3v) is 8.86. The van der Waals surface area contributed by atoms with Crippen molar-refractivity contribution in [1.82, 2.24) is 19.3 Å². The van der Waals surface area contributed by atoms with Gasteiger partial charge in [-0.15, -0.1) is 0 Å². The van der Waals surface area contributed by atoms with Crippen LogP contribution in [0.25, 0.3) is 11.0 Å². The van der Waals surface area contributed by atoms with Crippen LogP contribution in [0.2, 0.25) is 0 Å². The zero-order valence-corrected chi connectivity index (χ0v) is 19.9. The fraction of sp³-hybridized carbons (Fsp3) is 0.727. The van der Waals surface area contributed by atoms with E-state index < -0.39 is 10.0 Å². The normalized spacial score (nSPS) is 25.2. The molecule has 2 aliphatic rings. The fourth-order valence-electron chi connectivity index (χ4n) is 5.01. The highest BCUT2D eigenvalue weighted by molar-refractivity contribution is 7.89. The number of hydrogen-bond donors (Lipinski definition) is 1. The van der Waals surface area contributed by atoms with Gasteiger partial charge in [0.25, 0.3) is 0 Å². The molecule has 0 aromatic carbocycles. The van der Waals surface area contributed by atoms with Gasteiger partial charge in [-0.2, -0.15) is 4.31 Å². The molecule has 1 N–H and O–H groups in total. The van der Waals surface area contributed by atoms with Crippen molar-refractivity contribution < 1.29 is 19.3 Å². The van der Waals surface area contributed by atoms with E-state index in [0.717, 1.165) is 55.4 Å². The number of nitrogens with one attached hydrogen (secondary N) is 1. The summed E-state index contributed by atoms with van der Waals surface area (Å²) in [5.41, 5.74) is 0.840. The van der Waals surface area contributed by atoms with Crippen LogP contribution >= 0.6 is 0 Å². The smallest absolute Gasteiger partial charge is 0.214 e. The molecule has 2 aromatic heterocycles. The number of piperidine rings is 1. The number of aromatic amines is 1. The van der Waals surface area contributed by atoms with Crippen molar-refractivity contribution >= 4 is 26.9 Å². The average molecular weight is 468 g/mol. The van der Waals surface area contributed by atoms with Gasteiger partial charge in [-0.1, -0.05) is 0 Å². The van der Waals surface area contributed by atoms with E-state index in [2.05, 4.69) is 26.9 Å². The molecule has 1 saturated carbocycles. The van der Waals surface area contributed by atoms with Crippen molar-refractivity contribution in [3.8, 4) is 0 Å². The van der Waals surface area contributed by atoms with Gasteiger partial charge in [-0.05, 0) is 50.5 Å². The minimum atomic E-state index is -3.27. The summed E-state index contributed by atoms with van der Waals surface area (Å²) in [6, 6.07) is 2.36. The third kappa shape index (κ3) is 5.41. The van der Waals surface area contributed by atoms with Crippen LogP contribution < -0.4 is 4.90 Å². The summed E-state index contributed by atoms with van der Waals surface area (Å²) in [5.74, 6) is 1.38. The van der Waals surface area contributed by atoms with E-state index in [1.165, 1.54) is 0 Å². The van der Waals surface area contributed by atoms with Crippen LogP contribution in [0.1, 0.15) is 40.0 Å². The number of nitrogens with zero attached hydrogens (tertiary/aromatic N) is 4. The first kappa shape index (κ1) is 23.4. The second-order valence-electron chi connectivity index (χ2n) is 8.99. The van der Waals surface area contributed by atoms with E-state index in [-0.39, 0.29) is 19.2 Å². The van der Waals surface area contributed by atoms with Crippen molar-refractivity contribution in [3.63, 3.8) is 0 Å². The quantitative estimate of drug-likeness (QED) is 0.566. The van der Waals surface area contributed by atoms with E-state index in [1.807, 2.05) is 12.3 Å². The summed E-state index contributed by atoms with van der Waals surface area (Å²) in [6.45, 7) is 2.11. The third-order valence-electron chi connectivity index (χ3n) is 6.85. The Morgan fingerprint density at radius 3 is 2.81 bits per heavy atom. The minimum absolute atomic E-state index is 0. The average Bonchev–Trinajstić information content (AvgIpc) is 3.28. The Bertz CT molecular complexity index is 980. The topological polar surface area (TPSA) is 101 Å². The molecule has 4 rings (SSSR count). The number of H-pyrrole nitrogens is 1. The lowest BCUT2D eigenvalue weighted by molar-refractivity contribution is -0.00658. The number of sulfonamides is 1. The maximum atomic E-state index is 13.1. The van der Waals surface area contributed by atoms with Gasteiger partial charge in [-0.3, -0.25) is 0 Å². The highest BCUT2D eigenvalue weighted by atomic mass is 32.2. The van der Waals surface area contributed by atoms with Crippen LogP contribution in [0.3, 0.4) is 0 Å². The van der Waals surface area contributed by atoms with Gasteiger partial charge in [-0.25, -0.2) is 18.4 Å².